The van der Waals surface area contributed by atoms with Crippen LogP contribution in [0.25, 0.3) is 0 Å². The average Bonchev–Trinajstić information content (AvgIpc) is 2.86. The van der Waals surface area contributed by atoms with Crippen LogP contribution in [0.2, 0.25) is 0 Å². The first-order valence-corrected chi connectivity index (χ1v) is 8.55. The van der Waals surface area contributed by atoms with Crippen LogP contribution in [0.3, 0.4) is 0 Å². The Kier molecular flexibility index (Phi) is 6.00. The molecule has 2 rings (SSSR count). The van der Waals surface area contributed by atoms with E-state index in [1.165, 1.54) is 0 Å². The van der Waals surface area contributed by atoms with E-state index in [9.17, 15) is 14.7 Å². The van der Waals surface area contributed by atoms with Crippen LogP contribution in [-0.2, 0) is 9.53 Å². The number of aliphatic hydroxyl groups excluding tert-OH is 1. The highest BCUT2D eigenvalue weighted by Gasteiger charge is 2.37. The number of ether oxygens (including phenoxy) is 1. The van der Waals surface area contributed by atoms with Crippen LogP contribution in [0.5, 0.6) is 0 Å². The second-order valence-corrected chi connectivity index (χ2v) is 7.27. The zero-order valence-corrected chi connectivity index (χ0v) is 15.3. The molecule has 138 valence electrons. The largest absolute Gasteiger partial charge is 0.444 e. The van der Waals surface area contributed by atoms with E-state index in [0.29, 0.717) is 25.1 Å². The van der Waals surface area contributed by atoms with Gasteiger partial charge in [0.15, 0.2) is 0 Å². The van der Waals surface area contributed by atoms with Crippen LogP contribution in [0.4, 0.5) is 4.79 Å². The number of aliphatic hydroxyl groups is 1. The number of aromatic nitrogens is 1. The predicted octanol–water partition coefficient (Wildman–Crippen LogP) is 1.94. The van der Waals surface area contributed by atoms with E-state index < -0.39 is 17.8 Å². The van der Waals surface area contributed by atoms with Crippen LogP contribution in [-0.4, -0.2) is 51.7 Å². The number of alkyl carbamates (subject to hydrolysis) is 1. The van der Waals surface area contributed by atoms with Crippen LogP contribution >= 0.6 is 0 Å². The van der Waals surface area contributed by atoms with E-state index in [-0.39, 0.29) is 18.5 Å². The van der Waals surface area contributed by atoms with Crippen molar-refractivity contribution in [3.8, 4) is 0 Å². The van der Waals surface area contributed by atoms with Gasteiger partial charge in [0.2, 0.25) is 5.91 Å². The summed E-state index contributed by atoms with van der Waals surface area (Å²) < 4.78 is 5.18. The second-order valence-electron chi connectivity index (χ2n) is 7.27. The molecule has 2 heterocycles. The van der Waals surface area contributed by atoms with Crippen molar-refractivity contribution < 1.29 is 19.4 Å². The fraction of sp³-hybridized carbons (Fsp3) is 0.611. The molecule has 7 nitrogen and oxygen atoms in total. The molecule has 0 spiro atoms. The topological polar surface area (TPSA) is 91.8 Å². The van der Waals surface area contributed by atoms with Crippen molar-refractivity contribution in [1.29, 1.82) is 0 Å². The van der Waals surface area contributed by atoms with Gasteiger partial charge >= 0.3 is 6.09 Å². The summed E-state index contributed by atoms with van der Waals surface area (Å²) in [5, 5.41) is 13.3. The highest BCUT2D eigenvalue weighted by atomic mass is 16.6. The van der Waals surface area contributed by atoms with Gasteiger partial charge in [0.05, 0.1) is 11.7 Å². The standard InChI is InChI=1S/C18H27N3O4/c1-12-6-5-9-19-15(12)16(23)13-7-8-14(22)21(13)11-10-20-17(24)25-18(2,3)4/h5-6,9,13,16,23H,7-8,10-11H2,1-4H3,(H,20,24)/t13-,16+/m0/s1. The number of carbonyl (C=O) groups excluding carboxylic acids is 2. The Hall–Kier alpha value is -2.15. The lowest BCUT2D eigenvalue weighted by molar-refractivity contribution is -0.130. The first-order valence-electron chi connectivity index (χ1n) is 8.55. The van der Waals surface area contributed by atoms with Crippen LogP contribution < -0.4 is 5.32 Å². The molecule has 7 heteroatoms. The molecule has 1 aromatic heterocycles. The van der Waals surface area contributed by atoms with E-state index in [0.717, 1.165) is 5.56 Å². The Morgan fingerprint density at radius 3 is 2.88 bits per heavy atom. The molecule has 2 N–H and O–H groups in total. The lowest BCUT2D eigenvalue weighted by atomic mass is 10.0. The molecule has 0 aliphatic carbocycles. The summed E-state index contributed by atoms with van der Waals surface area (Å²) >= 11 is 0. The minimum atomic E-state index is -0.839. The normalized spacial score (nSPS) is 19.0. The number of hydrogen-bond donors (Lipinski definition) is 2. The summed E-state index contributed by atoms with van der Waals surface area (Å²) in [5.41, 5.74) is 0.913. The molecule has 0 bridgehead atoms. The molecular weight excluding hydrogens is 322 g/mol. The number of amides is 2. The number of hydrogen-bond acceptors (Lipinski definition) is 5. The summed E-state index contributed by atoms with van der Waals surface area (Å²) in [6.45, 7) is 7.85. The quantitative estimate of drug-likeness (QED) is 0.847. The van der Waals surface area contributed by atoms with Crippen molar-refractivity contribution in [2.75, 3.05) is 13.1 Å². The Bertz CT molecular complexity index is 627. The Morgan fingerprint density at radius 1 is 1.52 bits per heavy atom. The van der Waals surface area contributed by atoms with E-state index in [4.69, 9.17) is 4.74 Å². The fourth-order valence-electron chi connectivity index (χ4n) is 2.96. The molecule has 1 fully saturated rings. The Morgan fingerprint density at radius 2 is 2.24 bits per heavy atom. The van der Waals surface area contributed by atoms with Crippen molar-refractivity contribution in [2.45, 2.75) is 58.3 Å². The van der Waals surface area contributed by atoms with Gasteiger partial charge in [-0.1, -0.05) is 6.07 Å². The molecular formula is C18H27N3O4. The van der Waals surface area contributed by atoms with Crippen molar-refractivity contribution in [2.24, 2.45) is 0 Å². The highest BCUT2D eigenvalue weighted by Crippen LogP contribution is 2.30. The van der Waals surface area contributed by atoms with Gasteiger partial charge in [0, 0.05) is 25.7 Å². The van der Waals surface area contributed by atoms with Crippen LogP contribution in [0.15, 0.2) is 18.3 Å². The minimum Gasteiger partial charge on any atom is -0.444 e. The molecule has 1 saturated heterocycles. The Balaban J connectivity index is 1.95. The van der Waals surface area contributed by atoms with Gasteiger partial charge in [-0.2, -0.15) is 0 Å². The van der Waals surface area contributed by atoms with Crippen molar-refractivity contribution >= 4 is 12.0 Å². The average molecular weight is 349 g/mol. The molecule has 0 saturated carbocycles. The summed E-state index contributed by atoms with van der Waals surface area (Å²) in [4.78, 5) is 29.7. The third-order valence-electron chi connectivity index (χ3n) is 4.09. The zero-order valence-electron chi connectivity index (χ0n) is 15.3. The number of aryl methyl sites for hydroxylation is 1. The molecule has 1 aromatic rings. The van der Waals surface area contributed by atoms with Crippen molar-refractivity contribution in [1.82, 2.24) is 15.2 Å². The lowest BCUT2D eigenvalue weighted by Crippen LogP contribution is -2.43. The number of rotatable bonds is 5. The Labute approximate surface area is 148 Å². The zero-order chi connectivity index (χ0) is 18.6. The molecule has 2 amide bonds. The summed E-state index contributed by atoms with van der Waals surface area (Å²) in [6.07, 6.45) is 1.24. The number of nitrogens with zero attached hydrogens (tertiary/aromatic N) is 2. The monoisotopic (exact) mass is 349 g/mol. The van der Waals surface area contributed by atoms with Gasteiger partial charge in [0.1, 0.15) is 11.7 Å². The number of nitrogens with one attached hydrogen (secondary N) is 1. The third-order valence-corrected chi connectivity index (χ3v) is 4.09. The van der Waals surface area contributed by atoms with Gasteiger partial charge in [-0.05, 0) is 45.7 Å². The van der Waals surface area contributed by atoms with Crippen LogP contribution in [0.1, 0.15) is 51.0 Å². The molecule has 0 aromatic carbocycles. The smallest absolute Gasteiger partial charge is 0.407 e. The molecule has 0 unspecified atom stereocenters. The van der Waals surface area contributed by atoms with Crippen LogP contribution in [0, 0.1) is 6.92 Å². The van der Waals surface area contributed by atoms with Gasteiger partial charge in [0.25, 0.3) is 0 Å². The first-order chi connectivity index (χ1) is 11.7. The maximum absolute atomic E-state index is 12.2. The van der Waals surface area contributed by atoms with E-state index in [1.54, 1.807) is 31.9 Å². The number of carbonyl (C=O) groups is 2. The summed E-state index contributed by atoms with van der Waals surface area (Å²) in [7, 11) is 0. The fourth-order valence-corrected chi connectivity index (χ4v) is 2.96. The number of likely N-dealkylation sites (tertiary alicyclic amines) is 1. The first kappa shape index (κ1) is 19.2. The third kappa shape index (κ3) is 5.16. The predicted molar refractivity (Wildman–Crippen MR) is 92.9 cm³/mol. The summed E-state index contributed by atoms with van der Waals surface area (Å²) in [6, 6.07) is 3.37. The molecule has 2 atom stereocenters. The maximum Gasteiger partial charge on any atom is 0.407 e. The highest BCUT2D eigenvalue weighted by molar-refractivity contribution is 5.79. The maximum atomic E-state index is 12.2. The molecule has 1 aliphatic heterocycles. The SMILES string of the molecule is Cc1cccnc1[C@H](O)[C@@H]1CCC(=O)N1CCNC(=O)OC(C)(C)C. The van der Waals surface area contributed by atoms with Crippen molar-refractivity contribution in [3.05, 3.63) is 29.6 Å². The lowest BCUT2D eigenvalue weighted by Gasteiger charge is -2.29. The van der Waals surface area contributed by atoms with Gasteiger partial charge < -0.3 is 20.1 Å². The molecule has 0 radical (unpaired) electrons. The molecule has 1 aliphatic rings. The van der Waals surface area contributed by atoms with Gasteiger partial charge in [-0.25, -0.2) is 4.79 Å². The second kappa shape index (κ2) is 7.82. The summed E-state index contributed by atoms with van der Waals surface area (Å²) in [5.74, 6) is -0.0244. The van der Waals surface area contributed by atoms with Gasteiger partial charge in [-0.15, -0.1) is 0 Å². The number of pyridine rings is 1. The van der Waals surface area contributed by atoms with E-state index >= 15 is 0 Å². The minimum absolute atomic E-state index is 0.0244. The van der Waals surface area contributed by atoms with Gasteiger partial charge in [-0.3, -0.25) is 9.78 Å². The van der Waals surface area contributed by atoms with E-state index in [1.807, 2.05) is 19.1 Å². The molecule has 25 heavy (non-hydrogen) atoms. The van der Waals surface area contributed by atoms with E-state index in [2.05, 4.69) is 10.3 Å². The van der Waals surface area contributed by atoms with Crippen molar-refractivity contribution in [3.63, 3.8) is 0 Å².